The zero-order chi connectivity index (χ0) is 17.3. The number of rotatable bonds is 3. The second kappa shape index (κ2) is 7.42. The predicted molar refractivity (Wildman–Crippen MR) is 103 cm³/mol. The van der Waals surface area contributed by atoms with Crippen molar-refractivity contribution >= 4 is 57.3 Å². The molecule has 1 amide bonds. The van der Waals surface area contributed by atoms with Gasteiger partial charge < -0.3 is 10.2 Å². The van der Waals surface area contributed by atoms with Gasteiger partial charge in [0.15, 0.2) is 5.78 Å². The number of hydrogen-bond donors (Lipinski definition) is 1. The van der Waals surface area contributed by atoms with Crippen LogP contribution in [0.5, 0.6) is 0 Å². The molecule has 0 bridgehead atoms. The van der Waals surface area contributed by atoms with Crippen LogP contribution in [-0.4, -0.2) is 39.8 Å². The lowest BCUT2D eigenvalue weighted by atomic mass is 10.00. The van der Waals surface area contributed by atoms with Gasteiger partial charge in [0, 0.05) is 24.3 Å². The number of carbonyl (C=O) groups excluding carboxylic acids is 2. The van der Waals surface area contributed by atoms with Crippen LogP contribution in [-0.2, 0) is 11.2 Å². The van der Waals surface area contributed by atoms with Gasteiger partial charge in [0.2, 0.25) is 5.91 Å². The lowest BCUT2D eigenvalue weighted by Gasteiger charge is -2.31. The van der Waals surface area contributed by atoms with Crippen molar-refractivity contribution in [2.75, 3.05) is 24.2 Å². The summed E-state index contributed by atoms with van der Waals surface area (Å²) in [5, 5.41) is 3.11. The molecular weight excluding hydrogens is 364 g/mol. The van der Waals surface area contributed by atoms with E-state index in [1.165, 1.54) is 11.8 Å². The minimum atomic E-state index is -0.0689. The van der Waals surface area contributed by atoms with Gasteiger partial charge in [-0.15, -0.1) is 0 Å². The zero-order valence-corrected chi connectivity index (χ0v) is 15.8. The molecule has 128 valence electrons. The van der Waals surface area contributed by atoms with Crippen LogP contribution in [0.2, 0.25) is 5.02 Å². The topological polar surface area (TPSA) is 49.4 Å². The fourth-order valence-corrected chi connectivity index (χ4v) is 4.35. The van der Waals surface area contributed by atoms with Crippen molar-refractivity contribution in [3.05, 3.63) is 28.3 Å². The first-order chi connectivity index (χ1) is 11.4. The molecule has 3 rings (SSSR count). The van der Waals surface area contributed by atoms with Gasteiger partial charge in [-0.25, -0.2) is 0 Å². The average Bonchev–Trinajstić information content (AvgIpc) is 2.91. The molecule has 0 saturated carbocycles. The fourth-order valence-electron chi connectivity index (χ4n) is 2.95. The third kappa shape index (κ3) is 3.92. The van der Waals surface area contributed by atoms with Crippen LogP contribution in [0.4, 0.5) is 5.69 Å². The summed E-state index contributed by atoms with van der Waals surface area (Å²) in [5.74, 6) is 0.891. The Morgan fingerprint density at radius 1 is 1.42 bits per heavy atom. The predicted octanol–water partition coefficient (Wildman–Crippen LogP) is 3.77. The number of hydrogen-bond acceptors (Lipinski definition) is 4. The van der Waals surface area contributed by atoms with Crippen molar-refractivity contribution in [2.45, 2.75) is 26.2 Å². The fraction of sp³-hybridized carbons (Fsp3) is 0.471. The number of carbonyl (C=O) groups is 2. The molecule has 7 heteroatoms. The molecule has 1 N–H and O–H groups in total. The Morgan fingerprint density at radius 3 is 2.83 bits per heavy atom. The van der Waals surface area contributed by atoms with Crippen molar-refractivity contribution in [1.82, 2.24) is 4.90 Å². The van der Waals surface area contributed by atoms with Crippen molar-refractivity contribution in [2.24, 2.45) is 5.92 Å². The van der Waals surface area contributed by atoms with Gasteiger partial charge >= 0.3 is 0 Å². The summed E-state index contributed by atoms with van der Waals surface area (Å²) in [4.78, 5) is 26.1. The number of ketones is 1. The van der Waals surface area contributed by atoms with Crippen LogP contribution in [0, 0.1) is 5.92 Å². The molecule has 0 aromatic heterocycles. The van der Waals surface area contributed by atoms with Gasteiger partial charge in [-0.3, -0.25) is 9.59 Å². The molecule has 0 spiro atoms. The van der Waals surface area contributed by atoms with Crippen LogP contribution in [0.25, 0.3) is 0 Å². The number of thioether (sulfide) groups is 1. The van der Waals surface area contributed by atoms with Gasteiger partial charge in [-0.1, -0.05) is 42.5 Å². The van der Waals surface area contributed by atoms with E-state index in [1.807, 2.05) is 0 Å². The molecule has 2 heterocycles. The molecule has 1 saturated heterocycles. The van der Waals surface area contributed by atoms with Crippen molar-refractivity contribution < 1.29 is 9.59 Å². The Bertz CT molecular complexity index is 700. The van der Waals surface area contributed by atoms with Crippen LogP contribution in [0.3, 0.4) is 0 Å². The number of nitrogens with zero attached hydrogens (tertiary/aromatic N) is 1. The lowest BCUT2D eigenvalue weighted by molar-refractivity contribution is -0.115. The summed E-state index contributed by atoms with van der Waals surface area (Å²) in [6.07, 6.45) is 2.59. The number of nitrogens with one attached hydrogen (secondary N) is 1. The Balaban J connectivity index is 1.60. The highest BCUT2D eigenvalue weighted by atomic mass is 35.5. The Morgan fingerprint density at radius 2 is 2.12 bits per heavy atom. The van der Waals surface area contributed by atoms with E-state index in [0.29, 0.717) is 22.7 Å². The van der Waals surface area contributed by atoms with E-state index in [4.69, 9.17) is 23.8 Å². The van der Waals surface area contributed by atoms with Crippen molar-refractivity contribution in [3.63, 3.8) is 0 Å². The van der Waals surface area contributed by atoms with Gasteiger partial charge in [-0.05, 0) is 36.5 Å². The molecule has 0 radical (unpaired) electrons. The van der Waals surface area contributed by atoms with Crippen LogP contribution in [0.15, 0.2) is 12.1 Å². The molecule has 2 aliphatic rings. The van der Waals surface area contributed by atoms with Crippen LogP contribution < -0.4 is 5.32 Å². The largest absolute Gasteiger partial charge is 0.357 e. The van der Waals surface area contributed by atoms with E-state index in [9.17, 15) is 9.59 Å². The maximum Gasteiger partial charge on any atom is 0.228 e. The number of Topliss-reactive ketones (excluding diaryl/α,β-unsaturated/α-hetero) is 1. The highest BCUT2D eigenvalue weighted by Crippen LogP contribution is 2.30. The third-order valence-electron chi connectivity index (χ3n) is 4.49. The number of thiocarbonyl (C=S) groups is 1. The monoisotopic (exact) mass is 382 g/mol. The number of amides is 1. The highest BCUT2D eigenvalue weighted by Gasteiger charge is 2.23. The number of likely N-dealkylation sites (tertiary alicyclic amines) is 1. The highest BCUT2D eigenvalue weighted by molar-refractivity contribution is 8.23. The molecular formula is C17H19ClN2O2S2. The summed E-state index contributed by atoms with van der Waals surface area (Å²) >= 11 is 13.1. The molecule has 0 aliphatic carbocycles. The molecule has 0 atom stereocenters. The summed E-state index contributed by atoms with van der Waals surface area (Å²) in [7, 11) is 0. The Labute approximate surface area is 156 Å². The average molecular weight is 383 g/mol. The van der Waals surface area contributed by atoms with Gasteiger partial charge in [0.25, 0.3) is 0 Å². The normalized spacial score (nSPS) is 17.6. The molecule has 24 heavy (non-hydrogen) atoms. The third-order valence-corrected chi connectivity index (χ3v) is 6.32. The molecule has 0 unspecified atom stereocenters. The minimum absolute atomic E-state index is 0.0557. The molecule has 1 fully saturated rings. The number of halogens is 1. The first-order valence-electron chi connectivity index (χ1n) is 8.01. The van der Waals surface area contributed by atoms with Crippen molar-refractivity contribution in [1.29, 1.82) is 0 Å². The number of anilines is 1. The maximum atomic E-state index is 12.5. The summed E-state index contributed by atoms with van der Waals surface area (Å²) in [6.45, 7) is 4.19. The number of benzene rings is 1. The first kappa shape index (κ1) is 17.7. The maximum absolute atomic E-state index is 12.5. The summed E-state index contributed by atoms with van der Waals surface area (Å²) in [6, 6.07) is 3.38. The first-order valence-corrected chi connectivity index (χ1v) is 9.78. The van der Waals surface area contributed by atoms with Crippen molar-refractivity contribution in [3.8, 4) is 0 Å². The second-order valence-corrected chi connectivity index (χ2v) is 8.38. The van der Waals surface area contributed by atoms with Gasteiger partial charge in [-0.2, -0.15) is 0 Å². The van der Waals surface area contributed by atoms with E-state index in [2.05, 4.69) is 17.1 Å². The van der Waals surface area contributed by atoms with E-state index in [1.54, 1.807) is 12.1 Å². The van der Waals surface area contributed by atoms with E-state index in [-0.39, 0.29) is 17.4 Å². The molecule has 1 aromatic rings. The van der Waals surface area contributed by atoms with E-state index in [0.717, 1.165) is 41.7 Å². The number of piperidine rings is 1. The number of fused-ring (bicyclic) bond motifs is 1. The Hall–Kier alpha value is -1.11. The molecule has 1 aromatic carbocycles. The van der Waals surface area contributed by atoms with E-state index >= 15 is 0 Å². The quantitative estimate of drug-likeness (QED) is 0.637. The zero-order valence-electron chi connectivity index (χ0n) is 13.4. The van der Waals surface area contributed by atoms with Gasteiger partial charge in [0.05, 0.1) is 17.2 Å². The standard InChI is InChI=1S/C17H19ClN2O2S2/c1-10-2-4-20(5-3-10)17(23)24-9-15(21)12-6-11-7-16(22)19-14(11)8-13(12)18/h6,8,10H,2-5,7,9H2,1H3,(H,19,22). The molecule has 2 aliphatic heterocycles. The summed E-state index contributed by atoms with van der Waals surface area (Å²) in [5.41, 5.74) is 1.99. The Kier molecular flexibility index (Phi) is 5.47. The smallest absolute Gasteiger partial charge is 0.228 e. The van der Waals surface area contributed by atoms with Crippen LogP contribution >= 0.6 is 35.6 Å². The minimum Gasteiger partial charge on any atom is -0.357 e. The van der Waals surface area contributed by atoms with E-state index < -0.39 is 0 Å². The second-order valence-electron chi connectivity index (χ2n) is 6.36. The lowest BCUT2D eigenvalue weighted by Crippen LogP contribution is -2.35. The molecule has 4 nitrogen and oxygen atoms in total. The van der Waals surface area contributed by atoms with Crippen LogP contribution in [0.1, 0.15) is 35.7 Å². The van der Waals surface area contributed by atoms with Gasteiger partial charge in [0.1, 0.15) is 4.32 Å². The summed E-state index contributed by atoms with van der Waals surface area (Å²) < 4.78 is 0.782. The SMILES string of the molecule is CC1CCN(C(=S)SCC(=O)c2cc3c(cc2Cl)NC(=O)C3)CC1.